The predicted octanol–water partition coefficient (Wildman–Crippen LogP) is 5.34. The van der Waals surface area contributed by atoms with E-state index in [1.54, 1.807) is 32.6 Å². The Morgan fingerprint density at radius 2 is 1.94 bits per heavy atom. The summed E-state index contributed by atoms with van der Waals surface area (Å²) in [5, 5.41) is 16.5. The van der Waals surface area contributed by atoms with Crippen molar-refractivity contribution >= 4 is 40.1 Å². The molecule has 0 aliphatic rings. The number of hydrogen-bond acceptors (Lipinski definition) is 9. The second kappa shape index (κ2) is 10.1. The molecule has 0 fully saturated rings. The van der Waals surface area contributed by atoms with Gasteiger partial charge in [-0.15, -0.1) is 26.5 Å². The normalized spacial score (nSPS) is 10.7. The molecule has 178 valence electrons. The molecule has 5 aromatic rings. The lowest BCUT2D eigenvalue weighted by Gasteiger charge is -2.16. The first-order valence-corrected chi connectivity index (χ1v) is 11.9. The van der Waals surface area contributed by atoms with Crippen molar-refractivity contribution in [1.82, 2.24) is 35.2 Å². The number of hydrogen-bond donors (Lipinski definition) is 1. The molecule has 0 radical (unpaired) electrons. The standard InChI is InChI=1S/C24H18ClN9OS/c1-26-21-9-4-6-14(29-21)10-15-11-19(17(12-27-15)24-28-13-20(25)36-24)30-18-8-5-7-16(22(18)35-3)23-31-33-34(2)32-23/h4-9,11-13H,10H2,2-3H3,(H,27,30). The number of para-hydroxylation sites is 1. The summed E-state index contributed by atoms with van der Waals surface area (Å²) < 4.78 is 6.32. The minimum absolute atomic E-state index is 0.346. The maximum atomic E-state index is 7.22. The first kappa shape index (κ1) is 23.3. The molecule has 1 aromatic carbocycles. The van der Waals surface area contributed by atoms with Gasteiger partial charge in [0.15, 0.2) is 5.75 Å². The number of aryl methyl sites for hydroxylation is 1. The van der Waals surface area contributed by atoms with Crippen LogP contribution < -0.4 is 10.1 Å². The molecule has 0 saturated heterocycles. The lowest BCUT2D eigenvalue weighted by molar-refractivity contribution is 0.418. The number of aromatic nitrogens is 7. The molecule has 0 bridgehead atoms. The Hall–Kier alpha value is -4.40. The zero-order valence-electron chi connectivity index (χ0n) is 19.2. The Kier molecular flexibility index (Phi) is 6.53. The van der Waals surface area contributed by atoms with Gasteiger partial charge < -0.3 is 14.9 Å². The fourth-order valence-corrected chi connectivity index (χ4v) is 4.57. The van der Waals surface area contributed by atoms with Crippen LogP contribution in [-0.4, -0.2) is 42.3 Å². The smallest absolute Gasteiger partial charge is 0.269 e. The number of nitrogens with one attached hydrogen (secondary N) is 1. The second-order valence-corrected chi connectivity index (χ2v) is 9.24. The lowest BCUT2D eigenvalue weighted by Crippen LogP contribution is -2.02. The Balaban J connectivity index is 1.56. The minimum atomic E-state index is 0.346. The molecule has 5 rings (SSSR count). The molecule has 0 aliphatic carbocycles. The van der Waals surface area contributed by atoms with Gasteiger partial charge in [-0.2, -0.15) is 4.80 Å². The van der Waals surface area contributed by atoms with E-state index in [0.717, 1.165) is 27.6 Å². The average molecular weight is 516 g/mol. The van der Waals surface area contributed by atoms with Gasteiger partial charge in [-0.1, -0.05) is 30.3 Å². The van der Waals surface area contributed by atoms with Crippen molar-refractivity contribution in [3.63, 3.8) is 0 Å². The monoisotopic (exact) mass is 515 g/mol. The Morgan fingerprint density at radius 1 is 1.08 bits per heavy atom. The molecule has 10 nitrogen and oxygen atoms in total. The highest BCUT2D eigenvalue weighted by molar-refractivity contribution is 7.18. The minimum Gasteiger partial charge on any atom is -0.494 e. The summed E-state index contributed by atoms with van der Waals surface area (Å²) in [7, 11) is 3.30. The molecule has 0 amide bonds. The van der Waals surface area contributed by atoms with E-state index < -0.39 is 0 Å². The number of benzene rings is 1. The largest absolute Gasteiger partial charge is 0.494 e. The van der Waals surface area contributed by atoms with E-state index in [1.807, 2.05) is 36.4 Å². The van der Waals surface area contributed by atoms with Crippen LogP contribution in [0.2, 0.25) is 4.34 Å². The first-order valence-electron chi connectivity index (χ1n) is 10.7. The Labute approximate surface area is 215 Å². The van der Waals surface area contributed by atoms with E-state index in [2.05, 4.69) is 40.5 Å². The van der Waals surface area contributed by atoms with E-state index in [0.29, 0.717) is 39.4 Å². The van der Waals surface area contributed by atoms with Gasteiger partial charge in [0.05, 0.1) is 55.0 Å². The van der Waals surface area contributed by atoms with E-state index in [9.17, 15) is 0 Å². The highest BCUT2D eigenvalue weighted by atomic mass is 35.5. The number of thiazole rings is 1. The van der Waals surface area contributed by atoms with Gasteiger partial charge in [0, 0.05) is 6.20 Å². The van der Waals surface area contributed by atoms with Gasteiger partial charge in [-0.05, 0) is 35.5 Å². The van der Waals surface area contributed by atoms with Gasteiger partial charge in [0.2, 0.25) is 5.82 Å². The van der Waals surface area contributed by atoms with Gasteiger partial charge >= 0.3 is 0 Å². The molecule has 0 atom stereocenters. The molecule has 0 aliphatic heterocycles. The highest BCUT2D eigenvalue weighted by Gasteiger charge is 2.18. The van der Waals surface area contributed by atoms with Crippen molar-refractivity contribution in [2.24, 2.45) is 7.05 Å². The molecular weight excluding hydrogens is 498 g/mol. The van der Waals surface area contributed by atoms with Crippen molar-refractivity contribution < 1.29 is 4.74 Å². The fraction of sp³-hybridized carbons (Fsp3) is 0.125. The van der Waals surface area contributed by atoms with Gasteiger partial charge in [-0.3, -0.25) is 4.98 Å². The van der Waals surface area contributed by atoms with Crippen LogP contribution in [0.4, 0.5) is 17.2 Å². The predicted molar refractivity (Wildman–Crippen MR) is 138 cm³/mol. The molecular formula is C24H18ClN9OS. The average Bonchev–Trinajstić information content (AvgIpc) is 3.52. The summed E-state index contributed by atoms with van der Waals surface area (Å²) >= 11 is 7.53. The number of pyridine rings is 2. The molecule has 0 saturated carbocycles. The number of ether oxygens (including phenoxy) is 1. The number of nitrogens with zero attached hydrogens (tertiary/aromatic N) is 8. The van der Waals surface area contributed by atoms with E-state index in [-0.39, 0.29) is 0 Å². The van der Waals surface area contributed by atoms with Crippen molar-refractivity contribution in [2.45, 2.75) is 6.42 Å². The topological polar surface area (TPSA) is 108 Å². The molecule has 12 heteroatoms. The zero-order valence-corrected chi connectivity index (χ0v) is 20.7. The molecule has 0 unspecified atom stereocenters. The number of anilines is 2. The van der Waals surface area contributed by atoms with Crippen molar-refractivity contribution in [1.29, 1.82) is 0 Å². The fourth-order valence-electron chi connectivity index (χ4n) is 3.63. The summed E-state index contributed by atoms with van der Waals surface area (Å²) in [6.45, 7) is 7.22. The van der Waals surface area contributed by atoms with E-state index >= 15 is 0 Å². The summed E-state index contributed by atoms with van der Waals surface area (Å²) in [6, 6.07) is 13.0. The third-order valence-corrected chi connectivity index (χ3v) is 6.32. The highest BCUT2D eigenvalue weighted by Crippen LogP contribution is 2.40. The van der Waals surface area contributed by atoms with Crippen LogP contribution in [0.3, 0.4) is 0 Å². The Bertz CT molecular complexity index is 1590. The third-order valence-electron chi connectivity index (χ3n) is 5.18. The molecule has 1 N–H and O–H groups in total. The lowest BCUT2D eigenvalue weighted by atomic mass is 10.1. The summed E-state index contributed by atoms with van der Waals surface area (Å²) in [5.74, 6) is 1.36. The Morgan fingerprint density at radius 3 is 2.67 bits per heavy atom. The van der Waals surface area contributed by atoms with Crippen LogP contribution in [0.1, 0.15) is 11.4 Å². The van der Waals surface area contributed by atoms with E-state index in [1.165, 1.54) is 16.1 Å². The van der Waals surface area contributed by atoms with Crippen LogP contribution >= 0.6 is 22.9 Å². The van der Waals surface area contributed by atoms with Gasteiger partial charge in [0.25, 0.3) is 5.82 Å². The first-order chi connectivity index (χ1) is 17.5. The van der Waals surface area contributed by atoms with Gasteiger partial charge in [-0.25, -0.2) is 4.98 Å². The number of tetrazole rings is 1. The van der Waals surface area contributed by atoms with Gasteiger partial charge in [0.1, 0.15) is 15.0 Å². The zero-order chi connectivity index (χ0) is 25.1. The van der Waals surface area contributed by atoms with Crippen molar-refractivity contribution in [3.05, 3.63) is 82.0 Å². The maximum Gasteiger partial charge on any atom is 0.269 e. The summed E-state index contributed by atoms with van der Waals surface area (Å²) in [6.07, 6.45) is 3.82. The van der Waals surface area contributed by atoms with Crippen LogP contribution in [0.5, 0.6) is 5.75 Å². The number of halogens is 1. The number of methoxy groups -OCH3 is 1. The quantitative estimate of drug-likeness (QED) is 0.289. The van der Waals surface area contributed by atoms with Crippen LogP contribution in [0.25, 0.3) is 26.8 Å². The maximum absolute atomic E-state index is 7.22. The molecule has 4 aromatic heterocycles. The summed E-state index contributed by atoms with van der Waals surface area (Å²) in [4.78, 5) is 18.2. The van der Waals surface area contributed by atoms with Crippen molar-refractivity contribution in [3.8, 4) is 27.7 Å². The van der Waals surface area contributed by atoms with E-state index in [4.69, 9.17) is 22.9 Å². The second-order valence-electron chi connectivity index (χ2n) is 7.58. The van der Waals surface area contributed by atoms with Crippen LogP contribution in [0.15, 0.2) is 54.9 Å². The van der Waals surface area contributed by atoms with Crippen LogP contribution in [0, 0.1) is 6.57 Å². The number of rotatable bonds is 7. The summed E-state index contributed by atoms with van der Waals surface area (Å²) in [5.41, 5.74) is 4.46. The van der Waals surface area contributed by atoms with Crippen LogP contribution in [-0.2, 0) is 13.5 Å². The SMILES string of the molecule is [C-]#[N+]c1cccc(Cc2cc(Nc3cccc(-c4nnn(C)n4)c3OC)c(-c3ncc(Cl)s3)cn2)n1. The molecule has 0 spiro atoms. The van der Waals surface area contributed by atoms with Crippen molar-refractivity contribution in [2.75, 3.05) is 12.4 Å². The molecule has 4 heterocycles. The molecule has 36 heavy (non-hydrogen) atoms. The third kappa shape index (κ3) is 4.86.